The van der Waals surface area contributed by atoms with Gasteiger partial charge in [-0.2, -0.15) is 5.26 Å². The van der Waals surface area contributed by atoms with E-state index in [-0.39, 0.29) is 11.7 Å². The highest BCUT2D eigenvalue weighted by Gasteiger charge is 2.09. The summed E-state index contributed by atoms with van der Waals surface area (Å²) >= 11 is 1.38. The predicted molar refractivity (Wildman–Crippen MR) is 94.8 cm³/mol. The van der Waals surface area contributed by atoms with E-state index in [0.717, 1.165) is 15.9 Å². The molecule has 0 saturated carbocycles. The largest absolute Gasteiger partial charge is 0.325 e. The van der Waals surface area contributed by atoms with Gasteiger partial charge in [0.25, 0.3) is 0 Å². The Kier molecular flexibility index (Phi) is 4.73. The molecule has 2 aromatic carbocycles. The zero-order valence-electron chi connectivity index (χ0n) is 13.0. The minimum Gasteiger partial charge on any atom is -0.325 e. The molecule has 0 unspecified atom stereocenters. The van der Waals surface area contributed by atoms with Crippen LogP contribution in [0.15, 0.2) is 53.6 Å². The summed E-state index contributed by atoms with van der Waals surface area (Å²) in [7, 11) is 0. The van der Waals surface area contributed by atoms with Gasteiger partial charge in [0, 0.05) is 11.1 Å². The summed E-state index contributed by atoms with van der Waals surface area (Å²) in [6, 6.07) is 16.6. The summed E-state index contributed by atoms with van der Waals surface area (Å²) in [4.78, 5) is 21.0. The van der Waals surface area contributed by atoms with Crippen molar-refractivity contribution in [1.29, 1.82) is 5.26 Å². The summed E-state index contributed by atoms with van der Waals surface area (Å²) in [6.45, 7) is 1.84. The molecule has 0 aliphatic heterocycles. The average molecular weight is 334 g/mol. The second-order valence-electron chi connectivity index (χ2n) is 5.12. The summed E-state index contributed by atoms with van der Waals surface area (Å²) in [6.07, 6.45) is 0. The third-order valence-corrected chi connectivity index (χ3v) is 4.31. The zero-order valence-corrected chi connectivity index (χ0v) is 13.8. The molecule has 1 aromatic heterocycles. The molecular weight excluding hydrogens is 320 g/mol. The van der Waals surface area contributed by atoms with Crippen molar-refractivity contribution >= 4 is 34.3 Å². The lowest BCUT2D eigenvalue weighted by Crippen LogP contribution is -2.14. The Balaban J connectivity index is 1.69. The van der Waals surface area contributed by atoms with E-state index in [1.54, 1.807) is 24.3 Å². The van der Waals surface area contributed by atoms with Crippen molar-refractivity contribution in [3.63, 3.8) is 0 Å². The van der Waals surface area contributed by atoms with Crippen molar-refractivity contribution in [1.82, 2.24) is 9.97 Å². The number of thioether (sulfide) groups is 1. The maximum absolute atomic E-state index is 12.1. The van der Waals surface area contributed by atoms with Crippen LogP contribution in [0.3, 0.4) is 0 Å². The molecule has 6 heteroatoms. The van der Waals surface area contributed by atoms with E-state index in [1.165, 1.54) is 11.8 Å². The van der Waals surface area contributed by atoms with E-state index in [0.29, 0.717) is 17.1 Å². The summed E-state index contributed by atoms with van der Waals surface area (Å²) in [5, 5.41) is 13.3. The van der Waals surface area contributed by atoms with Gasteiger partial charge in [-0.05, 0) is 37.3 Å². The second-order valence-corrected chi connectivity index (χ2v) is 6.08. The van der Waals surface area contributed by atoms with E-state index in [9.17, 15) is 4.79 Å². The molecule has 0 fully saturated rings. The number of aryl methyl sites for hydroxylation is 1. The minimum absolute atomic E-state index is 0.120. The number of fused-ring (bicyclic) bond motifs is 1. The molecule has 3 aromatic rings. The Hall–Kier alpha value is -2.91. The van der Waals surface area contributed by atoms with Gasteiger partial charge in [0.1, 0.15) is 10.9 Å². The minimum atomic E-state index is -0.120. The first kappa shape index (κ1) is 16.0. The Morgan fingerprint density at radius 1 is 1.17 bits per heavy atom. The lowest BCUT2D eigenvalue weighted by Gasteiger charge is -2.07. The fourth-order valence-electron chi connectivity index (χ4n) is 2.23. The first-order valence-corrected chi connectivity index (χ1v) is 8.30. The Bertz CT molecular complexity index is 932. The van der Waals surface area contributed by atoms with Gasteiger partial charge in [0.2, 0.25) is 5.91 Å². The molecule has 0 aliphatic carbocycles. The number of carbonyl (C=O) groups is 1. The summed E-state index contributed by atoms with van der Waals surface area (Å²) in [5.74, 6) is 0.814. The topological polar surface area (TPSA) is 78.7 Å². The van der Waals surface area contributed by atoms with Crippen LogP contribution in [0.25, 0.3) is 10.9 Å². The van der Waals surface area contributed by atoms with Crippen LogP contribution >= 0.6 is 11.8 Å². The van der Waals surface area contributed by atoms with E-state index in [1.807, 2.05) is 37.3 Å². The SMILES string of the molecule is Cc1nc(SCC(=O)Nc2ccc(C#N)cc2)c2ccccc2n1. The van der Waals surface area contributed by atoms with Gasteiger partial charge in [-0.3, -0.25) is 4.79 Å². The van der Waals surface area contributed by atoms with E-state index in [2.05, 4.69) is 15.3 Å². The van der Waals surface area contributed by atoms with Gasteiger partial charge >= 0.3 is 0 Å². The Labute approximate surface area is 143 Å². The fraction of sp³-hybridized carbons (Fsp3) is 0.111. The van der Waals surface area contributed by atoms with Crippen molar-refractivity contribution in [2.45, 2.75) is 11.9 Å². The number of amides is 1. The van der Waals surface area contributed by atoms with Crippen LogP contribution in [0.5, 0.6) is 0 Å². The highest BCUT2D eigenvalue weighted by molar-refractivity contribution is 8.00. The number of aromatic nitrogens is 2. The molecule has 0 atom stereocenters. The van der Waals surface area contributed by atoms with Crippen LogP contribution in [0.4, 0.5) is 5.69 Å². The van der Waals surface area contributed by atoms with Crippen LogP contribution in [0.2, 0.25) is 0 Å². The molecule has 0 saturated heterocycles. The number of nitrogens with zero attached hydrogens (tertiary/aromatic N) is 3. The molecule has 5 nitrogen and oxygen atoms in total. The Morgan fingerprint density at radius 3 is 2.67 bits per heavy atom. The molecule has 0 aliphatic rings. The van der Waals surface area contributed by atoms with Crippen LogP contribution in [-0.4, -0.2) is 21.6 Å². The Morgan fingerprint density at radius 2 is 1.92 bits per heavy atom. The van der Waals surface area contributed by atoms with Crippen molar-refractivity contribution in [3.05, 3.63) is 59.9 Å². The average Bonchev–Trinajstić information content (AvgIpc) is 2.60. The zero-order chi connectivity index (χ0) is 16.9. The normalized spacial score (nSPS) is 10.3. The van der Waals surface area contributed by atoms with Gasteiger partial charge in [-0.25, -0.2) is 9.97 Å². The van der Waals surface area contributed by atoms with Crippen LogP contribution < -0.4 is 5.32 Å². The van der Waals surface area contributed by atoms with Gasteiger partial charge in [-0.15, -0.1) is 0 Å². The number of nitriles is 1. The first-order chi connectivity index (χ1) is 11.7. The van der Waals surface area contributed by atoms with E-state index < -0.39 is 0 Å². The molecule has 1 heterocycles. The molecule has 118 valence electrons. The number of para-hydroxylation sites is 1. The van der Waals surface area contributed by atoms with Crippen molar-refractivity contribution < 1.29 is 4.79 Å². The molecule has 0 spiro atoms. The molecule has 0 radical (unpaired) electrons. The third-order valence-electron chi connectivity index (χ3n) is 3.32. The van der Waals surface area contributed by atoms with Crippen LogP contribution in [0.1, 0.15) is 11.4 Å². The molecule has 3 rings (SSSR count). The summed E-state index contributed by atoms with van der Waals surface area (Å²) < 4.78 is 0. The summed E-state index contributed by atoms with van der Waals surface area (Å²) in [5.41, 5.74) is 2.11. The molecule has 24 heavy (non-hydrogen) atoms. The van der Waals surface area contributed by atoms with Gasteiger partial charge in [0.05, 0.1) is 22.9 Å². The number of hydrogen-bond donors (Lipinski definition) is 1. The predicted octanol–water partition coefficient (Wildman–Crippen LogP) is 3.54. The maximum atomic E-state index is 12.1. The first-order valence-electron chi connectivity index (χ1n) is 7.32. The van der Waals surface area contributed by atoms with Crippen molar-refractivity contribution in [2.24, 2.45) is 0 Å². The number of carbonyl (C=O) groups excluding carboxylic acids is 1. The van der Waals surface area contributed by atoms with Gasteiger partial charge in [0.15, 0.2) is 0 Å². The monoisotopic (exact) mass is 334 g/mol. The number of rotatable bonds is 4. The van der Waals surface area contributed by atoms with Crippen LogP contribution in [-0.2, 0) is 4.79 Å². The standard InChI is InChI=1S/C18H14N4OS/c1-12-20-16-5-3-2-4-15(16)18(21-12)24-11-17(23)22-14-8-6-13(10-19)7-9-14/h2-9H,11H2,1H3,(H,22,23). The quantitative estimate of drug-likeness (QED) is 0.583. The molecule has 1 N–H and O–H groups in total. The number of nitrogens with one attached hydrogen (secondary N) is 1. The number of anilines is 1. The molecule has 1 amide bonds. The molecular formula is C18H14N4OS. The van der Waals surface area contributed by atoms with E-state index in [4.69, 9.17) is 5.26 Å². The maximum Gasteiger partial charge on any atom is 0.234 e. The van der Waals surface area contributed by atoms with Gasteiger partial charge in [-0.1, -0.05) is 30.0 Å². The molecule has 0 bridgehead atoms. The lowest BCUT2D eigenvalue weighted by molar-refractivity contribution is -0.113. The number of hydrogen-bond acceptors (Lipinski definition) is 5. The van der Waals surface area contributed by atoms with Crippen molar-refractivity contribution in [2.75, 3.05) is 11.1 Å². The van der Waals surface area contributed by atoms with E-state index >= 15 is 0 Å². The fourth-order valence-corrected chi connectivity index (χ4v) is 3.09. The van der Waals surface area contributed by atoms with Crippen molar-refractivity contribution in [3.8, 4) is 6.07 Å². The van der Waals surface area contributed by atoms with Gasteiger partial charge < -0.3 is 5.32 Å². The lowest BCUT2D eigenvalue weighted by atomic mass is 10.2. The van der Waals surface area contributed by atoms with Crippen LogP contribution in [0, 0.1) is 18.3 Å². The highest BCUT2D eigenvalue weighted by atomic mass is 32.2. The smallest absolute Gasteiger partial charge is 0.234 e. The second kappa shape index (κ2) is 7.11. The highest BCUT2D eigenvalue weighted by Crippen LogP contribution is 2.25. The third kappa shape index (κ3) is 3.70. The number of benzene rings is 2.